The van der Waals surface area contributed by atoms with Crippen LogP contribution < -0.4 is 4.74 Å². The van der Waals surface area contributed by atoms with Crippen LogP contribution in [0, 0.1) is 0 Å². The van der Waals surface area contributed by atoms with Gasteiger partial charge in [-0.1, -0.05) is 12.2 Å². The van der Waals surface area contributed by atoms with Gasteiger partial charge in [-0.25, -0.2) is 0 Å². The smallest absolute Gasteiger partial charge is 0.447 e. The van der Waals surface area contributed by atoms with E-state index in [1.54, 1.807) is 12.1 Å². The largest absolute Gasteiger partial charge is 0.497 e. The summed E-state index contributed by atoms with van der Waals surface area (Å²) in [5.74, 6) is 0.582. The number of hydrogen-bond donors (Lipinski definition) is 0. The minimum Gasteiger partial charge on any atom is -0.497 e. The second-order valence-corrected chi connectivity index (χ2v) is 4.31. The van der Waals surface area contributed by atoms with E-state index in [1.165, 1.54) is 19.2 Å². The molecule has 0 unspecified atom stereocenters. The third-order valence-corrected chi connectivity index (χ3v) is 2.67. The molecule has 0 bridgehead atoms. The van der Waals surface area contributed by atoms with Crippen molar-refractivity contribution >= 4 is 28.2 Å². The molecule has 0 N–H and O–H groups in total. The lowest BCUT2D eigenvalue weighted by Crippen LogP contribution is -2.05. The van der Waals surface area contributed by atoms with E-state index < -0.39 is 5.51 Å². The zero-order valence-electron chi connectivity index (χ0n) is 7.67. The minimum absolute atomic E-state index is 0.190. The number of thiocarbonyl (C=S) groups is 1. The Morgan fingerprint density at radius 3 is 2.20 bits per heavy atom. The summed E-state index contributed by atoms with van der Waals surface area (Å²) in [6, 6.07) is 6.14. The molecule has 0 aliphatic rings. The molecule has 6 heteroatoms. The van der Waals surface area contributed by atoms with Gasteiger partial charge in [0.2, 0.25) is 0 Å². The number of thioether (sulfide) groups is 1. The lowest BCUT2D eigenvalue weighted by Gasteiger charge is -2.07. The predicted octanol–water partition coefficient (Wildman–Crippen LogP) is 3.62. The molecule has 0 atom stereocenters. The average Bonchev–Trinajstić information content (AvgIpc) is 2.15. The standard InChI is InChI=1S/C9H7F3OS2/c1-13-7-4-2-6(3-5-7)8(14)15-9(10,11)12/h2-5H,1H3. The first kappa shape index (κ1) is 12.3. The van der Waals surface area contributed by atoms with Crippen LogP contribution in [0.4, 0.5) is 13.2 Å². The number of hydrogen-bond acceptors (Lipinski definition) is 3. The third-order valence-electron chi connectivity index (χ3n) is 1.53. The van der Waals surface area contributed by atoms with Gasteiger partial charge in [-0.3, -0.25) is 0 Å². The number of methoxy groups -OCH3 is 1. The van der Waals surface area contributed by atoms with Crippen LogP contribution >= 0.6 is 24.0 Å². The van der Waals surface area contributed by atoms with Crippen LogP contribution in [0.2, 0.25) is 0 Å². The van der Waals surface area contributed by atoms with Gasteiger partial charge in [0.25, 0.3) is 0 Å². The van der Waals surface area contributed by atoms with Gasteiger partial charge in [-0.2, -0.15) is 13.2 Å². The van der Waals surface area contributed by atoms with E-state index in [0.29, 0.717) is 11.3 Å². The van der Waals surface area contributed by atoms with Crippen molar-refractivity contribution in [1.82, 2.24) is 0 Å². The zero-order valence-corrected chi connectivity index (χ0v) is 9.30. The summed E-state index contributed by atoms with van der Waals surface area (Å²) >= 11 is 4.36. The second kappa shape index (κ2) is 4.85. The molecule has 1 aromatic carbocycles. The Balaban J connectivity index is 2.75. The number of halogens is 3. The monoisotopic (exact) mass is 252 g/mol. The summed E-state index contributed by atoms with van der Waals surface area (Å²) in [7, 11) is 1.48. The zero-order chi connectivity index (χ0) is 11.5. The molecule has 0 aliphatic carbocycles. The molecule has 0 amide bonds. The number of alkyl halides is 3. The highest BCUT2D eigenvalue weighted by molar-refractivity contribution is 8.24. The van der Waals surface area contributed by atoms with Crippen molar-refractivity contribution in [1.29, 1.82) is 0 Å². The highest BCUT2D eigenvalue weighted by Gasteiger charge is 2.30. The van der Waals surface area contributed by atoms with Gasteiger partial charge < -0.3 is 4.74 Å². The van der Waals surface area contributed by atoms with E-state index in [0.717, 1.165) is 0 Å². The lowest BCUT2D eigenvalue weighted by molar-refractivity contribution is -0.0315. The highest BCUT2D eigenvalue weighted by Crippen LogP contribution is 2.33. The second-order valence-electron chi connectivity index (χ2n) is 2.56. The molecular weight excluding hydrogens is 245 g/mol. The summed E-state index contributed by atoms with van der Waals surface area (Å²) < 4.78 is 40.7. The van der Waals surface area contributed by atoms with Crippen molar-refractivity contribution in [3.05, 3.63) is 29.8 Å². The maximum Gasteiger partial charge on any atom is 0.447 e. The first-order chi connectivity index (χ1) is 6.92. The average molecular weight is 252 g/mol. The fraction of sp³-hybridized carbons (Fsp3) is 0.222. The van der Waals surface area contributed by atoms with E-state index in [4.69, 9.17) is 4.74 Å². The maximum atomic E-state index is 12.0. The first-order valence-corrected chi connectivity index (χ1v) is 5.09. The molecule has 0 saturated carbocycles. The van der Waals surface area contributed by atoms with E-state index in [-0.39, 0.29) is 16.0 Å². The highest BCUT2D eigenvalue weighted by atomic mass is 32.2. The Labute approximate surface area is 94.6 Å². The van der Waals surface area contributed by atoms with E-state index >= 15 is 0 Å². The van der Waals surface area contributed by atoms with Crippen LogP contribution in [0.3, 0.4) is 0 Å². The topological polar surface area (TPSA) is 9.23 Å². The minimum atomic E-state index is -4.34. The molecule has 0 spiro atoms. The molecule has 15 heavy (non-hydrogen) atoms. The number of rotatable bonds is 2. The van der Waals surface area contributed by atoms with Crippen molar-refractivity contribution in [3.63, 3.8) is 0 Å². The Morgan fingerprint density at radius 1 is 1.27 bits per heavy atom. The van der Waals surface area contributed by atoms with E-state index in [9.17, 15) is 13.2 Å². The molecule has 82 valence electrons. The summed E-state index contributed by atoms with van der Waals surface area (Å²) in [5, 5.41) is 0. The van der Waals surface area contributed by atoms with Crippen LogP contribution in [-0.2, 0) is 0 Å². The fourth-order valence-electron chi connectivity index (χ4n) is 0.891. The van der Waals surface area contributed by atoms with Gasteiger partial charge >= 0.3 is 5.51 Å². The molecule has 0 radical (unpaired) electrons. The van der Waals surface area contributed by atoms with Crippen LogP contribution in [0.15, 0.2) is 24.3 Å². The Morgan fingerprint density at radius 2 is 1.80 bits per heavy atom. The quantitative estimate of drug-likeness (QED) is 0.744. The summed E-state index contributed by atoms with van der Waals surface area (Å²) in [4.78, 5) is 0. The molecule has 0 heterocycles. The van der Waals surface area contributed by atoms with Crippen molar-refractivity contribution in [2.75, 3.05) is 7.11 Å². The Kier molecular flexibility index (Phi) is 3.98. The maximum absolute atomic E-state index is 12.0. The number of ether oxygens (including phenoxy) is 1. The Hall–Kier alpha value is -0.750. The van der Waals surface area contributed by atoms with E-state index in [1.807, 2.05) is 0 Å². The van der Waals surface area contributed by atoms with Gasteiger partial charge in [0.1, 0.15) is 5.75 Å². The third kappa shape index (κ3) is 4.09. The fourth-order valence-corrected chi connectivity index (χ4v) is 1.77. The van der Waals surface area contributed by atoms with E-state index in [2.05, 4.69) is 12.2 Å². The van der Waals surface area contributed by atoms with Crippen LogP contribution in [-0.4, -0.2) is 16.8 Å². The molecular formula is C9H7F3OS2. The molecule has 0 aliphatic heterocycles. The van der Waals surface area contributed by atoms with Crippen LogP contribution in [0.1, 0.15) is 5.56 Å². The van der Waals surface area contributed by atoms with Crippen molar-refractivity contribution in [2.45, 2.75) is 5.51 Å². The normalized spacial score (nSPS) is 11.2. The number of benzene rings is 1. The van der Waals surface area contributed by atoms with Gasteiger partial charge in [0, 0.05) is 0 Å². The van der Waals surface area contributed by atoms with Crippen LogP contribution in [0.5, 0.6) is 5.75 Å². The van der Waals surface area contributed by atoms with Gasteiger partial charge in [0.05, 0.1) is 11.3 Å². The van der Waals surface area contributed by atoms with Crippen molar-refractivity contribution in [2.24, 2.45) is 0 Å². The lowest BCUT2D eigenvalue weighted by atomic mass is 10.2. The molecule has 0 fully saturated rings. The van der Waals surface area contributed by atoms with Crippen molar-refractivity contribution < 1.29 is 17.9 Å². The summed E-state index contributed by atoms with van der Waals surface area (Å²) in [5.41, 5.74) is -3.97. The SMILES string of the molecule is COc1ccc(C(=S)SC(F)(F)F)cc1. The van der Waals surface area contributed by atoms with Gasteiger partial charge in [0.15, 0.2) is 0 Å². The first-order valence-electron chi connectivity index (χ1n) is 3.86. The van der Waals surface area contributed by atoms with Gasteiger partial charge in [-0.05, 0) is 41.6 Å². The molecule has 1 nitrogen and oxygen atoms in total. The molecule has 1 aromatic rings. The molecule has 0 aromatic heterocycles. The summed E-state index contributed by atoms with van der Waals surface area (Å²) in [6.45, 7) is 0. The van der Waals surface area contributed by atoms with Gasteiger partial charge in [-0.15, -0.1) is 0 Å². The Bertz CT molecular complexity index is 345. The van der Waals surface area contributed by atoms with Crippen LogP contribution in [0.25, 0.3) is 0 Å². The molecule has 1 rings (SSSR count). The molecule has 0 saturated heterocycles. The van der Waals surface area contributed by atoms with Crippen molar-refractivity contribution in [3.8, 4) is 5.75 Å². The predicted molar refractivity (Wildman–Crippen MR) is 58.3 cm³/mol. The summed E-state index contributed by atoms with van der Waals surface area (Å²) in [6.07, 6.45) is 0.